The highest BCUT2D eigenvalue weighted by molar-refractivity contribution is 7.89. The van der Waals surface area contributed by atoms with Gasteiger partial charge in [0.1, 0.15) is 0 Å². The first-order valence-electron chi connectivity index (χ1n) is 8.41. The normalized spacial score (nSPS) is 10.6. The van der Waals surface area contributed by atoms with Gasteiger partial charge in [-0.3, -0.25) is 4.79 Å². The summed E-state index contributed by atoms with van der Waals surface area (Å²) >= 11 is 0. The number of hydrogen-bond donors (Lipinski definition) is 3. The van der Waals surface area contributed by atoms with Crippen molar-refractivity contribution >= 4 is 46.4 Å². The van der Waals surface area contributed by atoms with Crippen LogP contribution in [0.3, 0.4) is 0 Å². The van der Waals surface area contributed by atoms with Gasteiger partial charge in [-0.15, -0.1) is 24.8 Å². The molecule has 0 aliphatic rings. The van der Waals surface area contributed by atoms with Gasteiger partial charge in [0.2, 0.25) is 10.0 Å². The molecule has 0 bridgehead atoms. The monoisotopic (exact) mass is 447 g/mol. The second-order valence-electron chi connectivity index (χ2n) is 6.50. The van der Waals surface area contributed by atoms with E-state index in [1.54, 1.807) is 12.1 Å². The molecular formula is C19H27Cl2N3O3S. The van der Waals surface area contributed by atoms with Gasteiger partial charge in [-0.05, 0) is 55.6 Å². The molecule has 0 fully saturated rings. The van der Waals surface area contributed by atoms with Crippen LogP contribution in [0.15, 0.2) is 42.5 Å². The van der Waals surface area contributed by atoms with Crippen LogP contribution >= 0.6 is 24.8 Å². The minimum absolute atomic E-state index is 0. The van der Waals surface area contributed by atoms with E-state index >= 15 is 0 Å². The lowest BCUT2D eigenvalue weighted by atomic mass is 10.00. The molecule has 156 valence electrons. The predicted molar refractivity (Wildman–Crippen MR) is 120 cm³/mol. The zero-order chi connectivity index (χ0) is 19.3. The fourth-order valence-corrected chi connectivity index (χ4v) is 3.05. The number of halogens is 2. The van der Waals surface area contributed by atoms with Crippen molar-refractivity contribution in [1.82, 2.24) is 4.72 Å². The smallest absolute Gasteiger partial charge is 0.266 e. The van der Waals surface area contributed by atoms with Gasteiger partial charge in [-0.2, -0.15) is 0 Å². The maximum absolute atomic E-state index is 12.3. The Morgan fingerprint density at radius 1 is 1.04 bits per heavy atom. The molecule has 0 spiro atoms. The predicted octanol–water partition coefficient (Wildman–Crippen LogP) is 3.21. The first-order chi connectivity index (χ1) is 12.2. The SMILES string of the molecule is CC(C)Nc1cc(-c2ccc(CCN)cc2)ccc1C(=O)NS(C)(=O)=O.Cl.Cl. The first kappa shape index (κ1) is 26.2. The van der Waals surface area contributed by atoms with E-state index in [9.17, 15) is 13.2 Å². The number of rotatable bonds is 7. The van der Waals surface area contributed by atoms with E-state index in [-0.39, 0.29) is 36.4 Å². The van der Waals surface area contributed by atoms with Gasteiger partial charge in [-0.25, -0.2) is 13.1 Å². The maximum Gasteiger partial charge on any atom is 0.266 e. The molecular weight excluding hydrogens is 421 g/mol. The fraction of sp³-hybridized carbons (Fsp3) is 0.316. The van der Waals surface area contributed by atoms with Crippen LogP contribution in [0.4, 0.5) is 5.69 Å². The van der Waals surface area contributed by atoms with E-state index in [0.29, 0.717) is 12.2 Å². The van der Waals surface area contributed by atoms with Crippen molar-refractivity contribution in [2.75, 3.05) is 18.1 Å². The summed E-state index contributed by atoms with van der Waals surface area (Å²) in [6.07, 6.45) is 1.78. The number of carbonyl (C=O) groups is 1. The highest BCUT2D eigenvalue weighted by Crippen LogP contribution is 2.27. The van der Waals surface area contributed by atoms with Crippen molar-refractivity contribution < 1.29 is 13.2 Å². The molecule has 0 aromatic heterocycles. The van der Waals surface area contributed by atoms with E-state index < -0.39 is 15.9 Å². The molecule has 0 saturated carbocycles. The van der Waals surface area contributed by atoms with Gasteiger partial charge in [0.15, 0.2) is 0 Å². The summed E-state index contributed by atoms with van der Waals surface area (Å²) in [6.45, 7) is 4.50. The second kappa shape index (κ2) is 11.3. The van der Waals surface area contributed by atoms with Crippen molar-refractivity contribution in [1.29, 1.82) is 0 Å². The lowest BCUT2D eigenvalue weighted by Crippen LogP contribution is -2.30. The van der Waals surface area contributed by atoms with Gasteiger partial charge in [0.25, 0.3) is 5.91 Å². The summed E-state index contributed by atoms with van der Waals surface area (Å²) in [5.41, 5.74) is 9.56. The van der Waals surface area contributed by atoms with E-state index in [4.69, 9.17) is 5.73 Å². The van der Waals surface area contributed by atoms with Gasteiger partial charge >= 0.3 is 0 Å². The molecule has 0 saturated heterocycles. The Balaban J connectivity index is 0.00000364. The van der Waals surface area contributed by atoms with Crippen LogP contribution in [0, 0.1) is 0 Å². The molecule has 0 aliphatic heterocycles. The highest BCUT2D eigenvalue weighted by atomic mass is 35.5. The topological polar surface area (TPSA) is 101 Å². The Kier molecular flexibility index (Phi) is 10.5. The van der Waals surface area contributed by atoms with Gasteiger partial charge < -0.3 is 11.1 Å². The highest BCUT2D eigenvalue weighted by Gasteiger charge is 2.16. The summed E-state index contributed by atoms with van der Waals surface area (Å²) in [5.74, 6) is -0.652. The molecule has 4 N–H and O–H groups in total. The minimum atomic E-state index is -3.63. The molecule has 0 atom stereocenters. The quantitative estimate of drug-likeness (QED) is 0.604. The molecule has 6 nitrogen and oxygen atoms in total. The van der Waals surface area contributed by atoms with Gasteiger partial charge in [0, 0.05) is 11.7 Å². The standard InChI is InChI=1S/C19H25N3O3S.2ClH/c1-13(2)21-18-12-16(15-6-4-14(5-7-15)10-11-20)8-9-17(18)19(23)22-26(3,24)25;;/h4-9,12-13,21H,10-11,20H2,1-3H3,(H,22,23);2*1H. The molecule has 0 radical (unpaired) electrons. The number of hydrogen-bond acceptors (Lipinski definition) is 5. The lowest BCUT2D eigenvalue weighted by molar-refractivity contribution is 0.0982. The van der Waals surface area contributed by atoms with Crippen LogP contribution in [0.2, 0.25) is 0 Å². The van der Waals surface area contributed by atoms with E-state index in [1.165, 1.54) is 5.56 Å². The van der Waals surface area contributed by atoms with Crippen LogP contribution in [-0.2, 0) is 16.4 Å². The summed E-state index contributed by atoms with van der Waals surface area (Å²) in [4.78, 5) is 12.3. The molecule has 0 unspecified atom stereocenters. The summed E-state index contributed by atoms with van der Waals surface area (Å²) in [7, 11) is -3.63. The summed E-state index contributed by atoms with van der Waals surface area (Å²) in [5, 5.41) is 3.21. The van der Waals surface area contributed by atoms with E-state index in [1.807, 2.05) is 48.9 Å². The average Bonchev–Trinajstić information content (AvgIpc) is 2.53. The van der Waals surface area contributed by atoms with Crippen molar-refractivity contribution in [2.45, 2.75) is 26.3 Å². The van der Waals surface area contributed by atoms with Gasteiger partial charge in [0.05, 0.1) is 11.8 Å². The Hall–Kier alpha value is -1.80. The third-order valence-corrected chi connectivity index (χ3v) is 4.26. The molecule has 2 aromatic rings. The minimum Gasteiger partial charge on any atom is -0.382 e. The number of carbonyl (C=O) groups excluding carboxylic acids is 1. The largest absolute Gasteiger partial charge is 0.382 e. The number of benzene rings is 2. The van der Waals surface area contributed by atoms with Crippen molar-refractivity contribution in [2.24, 2.45) is 5.73 Å². The van der Waals surface area contributed by atoms with Crippen LogP contribution in [-0.4, -0.2) is 33.2 Å². The molecule has 0 aliphatic carbocycles. The average molecular weight is 448 g/mol. The van der Waals surface area contributed by atoms with Crippen molar-refractivity contribution in [3.8, 4) is 11.1 Å². The molecule has 28 heavy (non-hydrogen) atoms. The van der Waals surface area contributed by atoms with Crippen molar-refractivity contribution in [3.05, 3.63) is 53.6 Å². The Morgan fingerprint density at radius 2 is 1.61 bits per heavy atom. The number of anilines is 1. The number of sulfonamides is 1. The van der Waals surface area contributed by atoms with E-state index in [0.717, 1.165) is 23.8 Å². The molecule has 2 aromatic carbocycles. The fourth-order valence-electron chi connectivity index (χ4n) is 2.61. The number of nitrogens with one attached hydrogen (secondary N) is 2. The number of amides is 1. The first-order valence-corrected chi connectivity index (χ1v) is 10.3. The molecule has 9 heteroatoms. The second-order valence-corrected chi connectivity index (χ2v) is 8.25. The van der Waals surface area contributed by atoms with Crippen LogP contribution in [0.1, 0.15) is 29.8 Å². The van der Waals surface area contributed by atoms with Crippen LogP contribution in [0.25, 0.3) is 11.1 Å². The lowest BCUT2D eigenvalue weighted by Gasteiger charge is -2.16. The third-order valence-electron chi connectivity index (χ3n) is 3.71. The van der Waals surface area contributed by atoms with Gasteiger partial charge in [-0.1, -0.05) is 30.3 Å². The maximum atomic E-state index is 12.3. The zero-order valence-corrected chi connectivity index (χ0v) is 18.5. The Morgan fingerprint density at radius 3 is 2.11 bits per heavy atom. The summed E-state index contributed by atoms with van der Waals surface area (Å²) in [6, 6.07) is 13.5. The van der Waals surface area contributed by atoms with Crippen LogP contribution < -0.4 is 15.8 Å². The summed E-state index contributed by atoms with van der Waals surface area (Å²) < 4.78 is 24.7. The van der Waals surface area contributed by atoms with Crippen LogP contribution in [0.5, 0.6) is 0 Å². The molecule has 2 rings (SSSR count). The Bertz CT molecular complexity index is 886. The molecule has 1 amide bonds. The Labute approximate surface area is 179 Å². The molecule has 0 heterocycles. The third kappa shape index (κ3) is 7.67. The number of nitrogens with two attached hydrogens (primary N) is 1. The van der Waals surface area contributed by atoms with Crippen molar-refractivity contribution in [3.63, 3.8) is 0 Å². The zero-order valence-electron chi connectivity index (χ0n) is 16.1. The van der Waals surface area contributed by atoms with E-state index in [2.05, 4.69) is 5.32 Å².